The standard InChI is InChI=1S/C22H23F3N4O3/c1-13-6-8-28(9-7-13)21(30)16-12-20-26-15(11-19(22(23,24)25)29(20)27-16)14-4-5-17(31-2)18(10-14)32-3/h4-5,10-13H,6-9H2,1-3H3. The second kappa shape index (κ2) is 8.33. The molecule has 0 unspecified atom stereocenters. The van der Waals surface area contributed by atoms with Crippen LogP contribution >= 0.6 is 0 Å². The van der Waals surface area contributed by atoms with Crippen LogP contribution in [0.2, 0.25) is 0 Å². The van der Waals surface area contributed by atoms with Gasteiger partial charge in [0.1, 0.15) is 0 Å². The summed E-state index contributed by atoms with van der Waals surface area (Å²) >= 11 is 0. The first-order chi connectivity index (χ1) is 15.2. The zero-order valence-corrected chi connectivity index (χ0v) is 17.9. The van der Waals surface area contributed by atoms with Crippen LogP contribution < -0.4 is 9.47 Å². The van der Waals surface area contributed by atoms with E-state index in [1.165, 1.54) is 20.3 Å². The molecule has 3 heterocycles. The fourth-order valence-corrected chi connectivity index (χ4v) is 3.80. The van der Waals surface area contributed by atoms with Crippen LogP contribution in [0.15, 0.2) is 30.3 Å². The molecule has 0 N–H and O–H groups in total. The summed E-state index contributed by atoms with van der Waals surface area (Å²) in [6.45, 7) is 3.23. The lowest BCUT2D eigenvalue weighted by atomic mass is 9.99. The van der Waals surface area contributed by atoms with E-state index in [0.717, 1.165) is 18.9 Å². The van der Waals surface area contributed by atoms with Crippen LogP contribution in [0, 0.1) is 5.92 Å². The van der Waals surface area contributed by atoms with Gasteiger partial charge in [-0.25, -0.2) is 9.50 Å². The first kappa shape index (κ1) is 21.9. The Balaban J connectivity index is 1.79. The second-order valence-corrected chi connectivity index (χ2v) is 7.87. The van der Waals surface area contributed by atoms with Crippen molar-refractivity contribution in [1.82, 2.24) is 19.5 Å². The number of likely N-dealkylation sites (tertiary alicyclic amines) is 1. The van der Waals surface area contributed by atoms with Crippen molar-refractivity contribution in [3.8, 4) is 22.8 Å². The highest BCUT2D eigenvalue weighted by molar-refractivity contribution is 5.93. The second-order valence-electron chi connectivity index (χ2n) is 7.87. The lowest BCUT2D eigenvalue weighted by Crippen LogP contribution is -2.38. The normalized spacial score (nSPS) is 15.2. The van der Waals surface area contributed by atoms with Crippen LogP contribution in [0.3, 0.4) is 0 Å². The van der Waals surface area contributed by atoms with Gasteiger partial charge in [0.2, 0.25) is 0 Å². The van der Waals surface area contributed by atoms with E-state index < -0.39 is 11.9 Å². The van der Waals surface area contributed by atoms with Gasteiger partial charge < -0.3 is 14.4 Å². The molecule has 0 bridgehead atoms. The van der Waals surface area contributed by atoms with E-state index in [2.05, 4.69) is 17.0 Å². The number of nitrogens with zero attached hydrogens (tertiary/aromatic N) is 4. The Hall–Kier alpha value is -3.30. The zero-order chi connectivity index (χ0) is 23.0. The van der Waals surface area contributed by atoms with Crippen molar-refractivity contribution < 1.29 is 27.4 Å². The Kier molecular flexibility index (Phi) is 5.70. The quantitative estimate of drug-likeness (QED) is 0.595. The number of fused-ring (bicyclic) bond motifs is 1. The molecule has 4 rings (SSSR count). The lowest BCUT2D eigenvalue weighted by Gasteiger charge is -2.29. The average molecular weight is 448 g/mol. The maximum absolute atomic E-state index is 13.9. The fraction of sp³-hybridized carbons (Fsp3) is 0.409. The molecular formula is C22H23F3N4O3. The molecule has 0 atom stereocenters. The molecule has 3 aromatic rings. The molecule has 0 radical (unpaired) electrons. The summed E-state index contributed by atoms with van der Waals surface area (Å²) in [4.78, 5) is 18.8. The number of rotatable bonds is 4. The van der Waals surface area contributed by atoms with Crippen molar-refractivity contribution in [2.45, 2.75) is 25.9 Å². The molecule has 2 aromatic heterocycles. The van der Waals surface area contributed by atoms with Gasteiger partial charge in [-0.1, -0.05) is 6.92 Å². The third-order valence-corrected chi connectivity index (χ3v) is 5.69. The van der Waals surface area contributed by atoms with Gasteiger partial charge in [0.05, 0.1) is 19.9 Å². The summed E-state index contributed by atoms with van der Waals surface area (Å²) in [5.74, 6) is 0.941. The number of carbonyl (C=O) groups is 1. The van der Waals surface area contributed by atoms with E-state index in [0.29, 0.717) is 40.6 Å². The van der Waals surface area contributed by atoms with E-state index in [1.54, 1.807) is 23.1 Å². The molecule has 1 aromatic carbocycles. The van der Waals surface area contributed by atoms with Crippen molar-refractivity contribution in [3.05, 3.63) is 41.7 Å². The Labute approximate surface area is 182 Å². The van der Waals surface area contributed by atoms with Crippen LogP contribution in [0.5, 0.6) is 11.5 Å². The van der Waals surface area contributed by atoms with Crippen LogP contribution in [0.4, 0.5) is 13.2 Å². The van der Waals surface area contributed by atoms with E-state index >= 15 is 0 Å². The number of hydrogen-bond acceptors (Lipinski definition) is 5. The number of ether oxygens (including phenoxy) is 2. The minimum Gasteiger partial charge on any atom is -0.493 e. The Morgan fingerprint density at radius 2 is 1.75 bits per heavy atom. The molecular weight excluding hydrogens is 425 g/mol. The van der Waals surface area contributed by atoms with E-state index in [4.69, 9.17) is 9.47 Å². The number of methoxy groups -OCH3 is 2. The van der Waals surface area contributed by atoms with Crippen LogP contribution in [0.25, 0.3) is 16.9 Å². The van der Waals surface area contributed by atoms with Crippen molar-refractivity contribution in [2.24, 2.45) is 5.92 Å². The van der Waals surface area contributed by atoms with Gasteiger partial charge in [0.15, 0.2) is 28.5 Å². The van der Waals surface area contributed by atoms with Gasteiger partial charge in [-0.05, 0) is 43.0 Å². The number of halogens is 3. The topological polar surface area (TPSA) is 69.0 Å². The highest BCUT2D eigenvalue weighted by Gasteiger charge is 2.36. The molecule has 10 heteroatoms. The number of carbonyl (C=O) groups excluding carboxylic acids is 1. The van der Waals surface area contributed by atoms with E-state index in [-0.39, 0.29) is 22.9 Å². The van der Waals surface area contributed by atoms with Crippen LogP contribution in [-0.2, 0) is 6.18 Å². The van der Waals surface area contributed by atoms with E-state index in [9.17, 15) is 18.0 Å². The van der Waals surface area contributed by atoms with Gasteiger partial charge in [0, 0.05) is 24.7 Å². The lowest BCUT2D eigenvalue weighted by molar-refractivity contribution is -0.142. The fourth-order valence-electron chi connectivity index (χ4n) is 3.80. The number of piperidine rings is 1. The Morgan fingerprint density at radius 3 is 2.38 bits per heavy atom. The molecule has 0 saturated carbocycles. The molecule has 32 heavy (non-hydrogen) atoms. The van der Waals surface area contributed by atoms with Gasteiger partial charge in [-0.15, -0.1) is 0 Å². The third kappa shape index (κ3) is 4.09. The number of hydrogen-bond donors (Lipinski definition) is 0. The molecule has 1 amide bonds. The van der Waals surface area contributed by atoms with Crippen molar-refractivity contribution in [1.29, 1.82) is 0 Å². The summed E-state index contributed by atoms with van der Waals surface area (Å²) in [6.07, 6.45) is -2.98. The minimum absolute atomic E-state index is 0.0537. The first-order valence-corrected chi connectivity index (χ1v) is 10.2. The summed E-state index contributed by atoms with van der Waals surface area (Å²) in [6, 6.07) is 6.96. The average Bonchev–Trinajstić information content (AvgIpc) is 3.21. The van der Waals surface area contributed by atoms with Gasteiger partial charge in [-0.3, -0.25) is 4.79 Å². The monoisotopic (exact) mass is 448 g/mol. The SMILES string of the molecule is COc1ccc(-c2cc(C(F)(F)F)n3nc(C(=O)N4CCC(C)CC4)cc3n2)cc1OC. The van der Waals surface area contributed by atoms with Crippen LogP contribution in [0.1, 0.15) is 35.9 Å². The molecule has 1 aliphatic rings. The van der Waals surface area contributed by atoms with Crippen molar-refractivity contribution in [2.75, 3.05) is 27.3 Å². The predicted octanol–water partition coefficient (Wildman–Crippen LogP) is 4.30. The van der Waals surface area contributed by atoms with Gasteiger partial charge in [0.25, 0.3) is 5.91 Å². The van der Waals surface area contributed by atoms with Crippen molar-refractivity contribution >= 4 is 11.6 Å². The first-order valence-electron chi connectivity index (χ1n) is 10.2. The largest absolute Gasteiger partial charge is 0.493 e. The summed E-state index contributed by atoms with van der Waals surface area (Å²) < 4.78 is 52.7. The van der Waals surface area contributed by atoms with Gasteiger partial charge in [-0.2, -0.15) is 18.3 Å². The van der Waals surface area contributed by atoms with E-state index in [1.807, 2.05) is 0 Å². The predicted molar refractivity (Wildman–Crippen MR) is 111 cm³/mol. The molecule has 0 aliphatic carbocycles. The highest BCUT2D eigenvalue weighted by atomic mass is 19.4. The molecule has 170 valence electrons. The number of amides is 1. The maximum atomic E-state index is 13.9. The van der Waals surface area contributed by atoms with Crippen molar-refractivity contribution in [3.63, 3.8) is 0 Å². The number of benzene rings is 1. The molecule has 1 aliphatic heterocycles. The minimum atomic E-state index is -4.70. The summed E-state index contributed by atoms with van der Waals surface area (Å²) in [7, 11) is 2.91. The highest BCUT2D eigenvalue weighted by Crippen LogP contribution is 2.35. The smallest absolute Gasteiger partial charge is 0.433 e. The Morgan fingerprint density at radius 1 is 1.06 bits per heavy atom. The Bertz CT molecular complexity index is 1150. The number of aromatic nitrogens is 3. The zero-order valence-electron chi connectivity index (χ0n) is 17.9. The molecule has 7 nitrogen and oxygen atoms in total. The molecule has 0 spiro atoms. The summed E-state index contributed by atoms with van der Waals surface area (Å²) in [5.41, 5.74) is -0.634. The van der Waals surface area contributed by atoms with Gasteiger partial charge >= 0.3 is 6.18 Å². The third-order valence-electron chi connectivity index (χ3n) is 5.69. The maximum Gasteiger partial charge on any atom is 0.433 e. The molecule has 1 fully saturated rings. The molecule has 1 saturated heterocycles. The number of alkyl halides is 3. The summed E-state index contributed by atoms with van der Waals surface area (Å²) in [5, 5.41) is 3.97. The van der Waals surface area contributed by atoms with Crippen LogP contribution in [-0.4, -0.2) is 52.7 Å².